The van der Waals surface area contributed by atoms with E-state index in [-0.39, 0.29) is 37.2 Å². The summed E-state index contributed by atoms with van der Waals surface area (Å²) in [7, 11) is 8.06. The molecule has 6 N–H and O–H groups in total. The standard InChI is InChI=1S/C8H14O4S2.C6H10O4S2.C4H6O4S2/c9-7(10)3-1-5-13-14-6-2-4-8(11)12;7-5(8)1-3-11-12-4-2-6(9)10;5-3(6)1-9-10-2-4(7)8/h1-6H2,(H,9,10)(H,11,12);1-4H2,(H,7,8)(H,9,10);1-2H2,(H,5,6)(H,7,8). The zero-order valence-electron chi connectivity index (χ0n) is 19.1. The molecule has 0 fully saturated rings. The molecular formula is C18H30O12S6. The first-order valence-electron chi connectivity index (χ1n) is 9.92. The second kappa shape index (κ2) is 30.1. The smallest absolute Gasteiger partial charge is 0.314 e. The van der Waals surface area contributed by atoms with Gasteiger partial charge in [-0.25, -0.2) is 0 Å². The summed E-state index contributed by atoms with van der Waals surface area (Å²) in [6.45, 7) is 0. The highest BCUT2D eigenvalue weighted by Gasteiger charge is 2.01. The van der Waals surface area contributed by atoms with E-state index in [0.29, 0.717) is 24.3 Å². The summed E-state index contributed by atoms with van der Waals surface area (Å²) in [5.74, 6) is -2.46. The highest BCUT2D eigenvalue weighted by atomic mass is 33.1. The highest BCUT2D eigenvalue weighted by Crippen LogP contribution is 2.24. The van der Waals surface area contributed by atoms with Crippen molar-refractivity contribution < 1.29 is 59.4 Å². The SMILES string of the molecule is O=C(O)CCCSSCCCC(=O)O.O=C(O)CCSSCCC(=O)O.O=C(O)CSSCC(=O)O. The monoisotopic (exact) mass is 630 g/mol. The molecule has 0 atom stereocenters. The Labute approximate surface area is 232 Å². The van der Waals surface area contributed by atoms with Crippen molar-refractivity contribution in [3.8, 4) is 0 Å². The van der Waals surface area contributed by atoms with Gasteiger partial charge in [0.25, 0.3) is 0 Å². The van der Waals surface area contributed by atoms with Gasteiger partial charge in [-0.3, -0.25) is 28.8 Å². The van der Waals surface area contributed by atoms with E-state index in [1.54, 1.807) is 21.6 Å². The molecule has 0 aliphatic rings. The van der Waals surface area contributed by atoms with Gasteiger partial charge in [0.05, 0.1) is 12.8 Å². The maximum Gasteiger partial charge on any atom is 0.314 e. The fourth-order valence-corrected chi connectivity index (χ4v) is 6.85. The first-order chi connectivity index (χ1) is 16.9. The Balaban J connectivity index is -0.000000460. The summed E-state index contributed by atoms with van der Waals surface area (Å²) in [5, 5.41) is 49.3. The third kappa shape index (κ3) is 49.9. The molecule has 0 saturated carbocycles. The van der Waals surface area contributed by atoms with Crippen molar-refractivity contribution in [1.82, 2.24) is 0 Å². The van der Waals surface area contributed by atoms with Gasteiger partial charge in [-0.05, 0) is 12.8 Å². The molecular weight excluding hydrogens is 601 g/mol. The molecule has 0 heterocycles. The number of hydrogen-bond acceptors (Lipinski definition) is 12. The average molecular weight is 631 g/mol. The molecule has 0 radical (unpaired) electrons. The largest absolute Gasteiger partial charge is 0.481 e. The lowest BCUT2D eigenvalue weighted by Gasteiger charge is -1.98. The predicted octanol–water partition coefficient (Wildman–Crippen LogP) is 3.95. The molecule has 0 aromatic rings. The zero-order chi connectivity index (χ0) is 28.2. The Morgan fingerprint density at radius 3 is 0.889 bits per heavy atom. The highest BCUT2D eigenvalue weighted by molar-refractivity contribution is 8.77. The van der Waals surface area contributed by atoms with E-state index < -0.39 is 35.8 Å². The quantitative estimate of drug-likeness (QED) is 0.0779. The van der Waals surface area contributed by atoms with Crippen molar-refractivity contribution in [3.63, 3.8) is 0 Å². The summed E-state index contributed by atoms with van der Waals surface area (Å²) >= 11 is 0. The predicted molar refractivity (Wildman–Crippen MR) is 148 cm³/mol. The van der Waals surface area contributed by atoms with Gasteiger partial charge >= 0.3 is 35.8 Å². The van der Waals surface area contributed by atoms with Crippen LogP contribution in [0.25, 0.3) is 0 Å². The fraction of sp³-hybridized carbons (Fsp3) is 0.667. The molecule has 0 aromatic carbocycles. The van der Waals surface area contributed by atoms with Gasteiger partial charge < -0.3 is 30.6 Å². The number of aliphatic carboxylic acids is 6. The minimum atomic E-state index is -0.928. The van der Waals surface area contributed by atoms with Crippen LogP contribution in [0.15, 0.2) is 0 Å². The van der Waals surface area contributed by atoms with Gasteiger partial charge in [0.2, 0.25) is 0 Å². The summed E-state index contributed by atoms with van der Waals surface area (Å²) in [4.78, 5) is 60.0. The van der Waals surface area contributed by atoms with Crippen LogP contribution in [0.3, 0.4) is 0 Å². The van der Waals surface area contributed by atoms with Crippen LogP contribution in [-0.4, -0.2) is 101 Å². The maximum atomic E-state index is 10.1. The lowest BCUT2D eigenvalue weighted by molar-refractivity contribution is -0.138. The molecule has 0 spiro atoms. The lowest BCUT2D eigenvalue weighted by atomic mass is 10.3. The van der Waals surface area contributed by atoms with Gasteiger partial charge in [0.1, 0.15) is 11.5 Å². The average Bonchev–Trinajstić information content (AvgIpc) is 2.75. The lowest BCUT2D eigenvalue weighted by Crippen LogP contribution is -1.99. The molecule has 0 aromatic heterocycles. The molecule has 18 heteroatoms. The van der Waals surface area contributed by atoms with Crippen molar-refractivity contribution in [2.75, 3.05) is 34.5 Å². The molecule has 0 saturated heterocycles. The Hall–Kier alpha value is -1.08. The zero-order valence-corrected chi connectivity index (χ0v) is 24.0. The number of hydrogen-bond donors (Lipinski definition) is 6. The third-order valence-corrected chi connectivity index (χ3v) is 9.74. The van der Waals surface area contributed by atoms with Gasteiger partial charge in [-0.2, -0.15) is 0 Å². The topological polar surface area (TPSA) is 224 Å². The minimum absolute atomic E-state index is 0.0576. The van der Waals surface area contributed by atoms with Gasteiger partial charge in [0, 0.05) is 35.9 Å². The van der Waals surface area contributed by atoms with Crippen LogP contribution in [0.1, 0.15) is 38.5 Å². The van der Waals surface area contributed by atoms with Gasteiger partial charge in [0.15, 0.2) is 0 Å². The summed E-state index contributed by atoms with van der Waals surface area (Å²) in [6, 6.07) is 0. The molecule has 0 bridgehead atoms. The van der Waals surface area contributed by atoms with Gasteiger partial charge in [-0.15, -0.1) is 0 Å². The molecule has 12 nitrogen and oxygen atoms in total. The third-order valence-electron chi connectivity index (χ3n) is 2.65. The first-order valence-corrected chi connectivity index (χ1v) is 17.4. The van der Waals surface area contributed by atoms with E-state index in [1.165, 1.54) is 21.6 Å². The first kappa shape index (κ1) is 39.4. The molecule has 0 amide bonds. The van der Waals surface area contributed by atoms with E-state index >= 15 is 0 Å². The molecule has 210 valence electrons. The van der Waals surface area contributed by atoms with E-state index in [9.17, 15) is 28.8 Å². The number of carbonyl (C=O) groups is 6. The minimum Gasteiger partial charge on any atom is -0.481 e. The van der Waals surface area contributed by atoms with Crippen LogP contribution < -0.4 is 0 Å². The molecule has 0 rings (SSSR count). The Bertz CT molecular complexity index is 596. The second-order valence-electron chi connectivity index (χ2n) is 5.88. The van der Waals surface area contributed by atoms with Crippen molar-refractivity contribution in [1.29, 1.82) is 0 Å². The van der Waals surface area contributed by atoms with Crippen LogP contribution >= 0.6 is 64.8 Å². The molecule has 0 aliphatic carbocycles. The number of carboxylic acids is 6. The van der Waals surface area contributed by atoms with Gasteiger partial charge in [-0.1, -0.05) is 64.8 Å². The summed E-state index contributed by atoms with van der Waals surface area (Å²) in [5.41, 5.74) is 0. The number of rotatable bonds is 21. The Kier molecular flexibility index (Phi) is 33.0. The van der Waals surface area contributed by atoms with Crippen molar-refractivity contribution in [2.24, 2.45) is 0 Å². The summed E-state index contributed by atoms with van der Waals surface area (Å²) < 4.78 is 0. The van der Waals surface area contributed by atoms with Crippen LogP contribution in [0, 0.1) is 0 Å². The summed E-state index contributed by atoms with van der Waals surface area (Å²) in [6.07, 6.45) is 2.03. The molecule has 0 unspecified atom stereocenters. The molecule has 36 heavy (non-hydrogen) atoms. The Morgan fingerprint density at radius 1 is 0.361 bits per heavy atom. The van der Waals surface area contributed by atoms with E-state index in [4.69, 9.17) is 30.6 Å². The van der Waals surface area contributed by atoms with Crippen molar-refractivity contribution in [3.05, 3.63) is 0 Å². The second-order valence-corrected chi connectivity index (χ2v) is 13.7. The van der Waals surface area contributed by atoms with Crippen molar-refractivity contribution in [2.45, 2.75) is 38.5 Å². The van der Waals surface area contributed by atoms with Crippen LogP contribution in [0.5, 0.6) is 0 Å². The van der Waals surface area contributed by atoms with Crippen LogP contribution in [-0.2, 0) is 28.8 Å². The van der Waals surface area contributed by atoms with Crippen molar-refractivity contribution >= 4 is 101 Å². The van der Waals surface area contributed by atoms with E-state index in [2.05, 4.69) is 0 Å². The fourth-order valence-electron chi connectivity index (χ4n) is 1.24. The molecule has 0 aliphatic heterocycles. The van der Waals surface area contributed by atoms with E-state index in [1.807, 2.05) is 0 Å². The van der Waals surface area contributed by atoms with Crippen LogP contribution in [0.4, 0.5) is 0 Å². The Morgan fingerprint density at radius 2 is 0.639 bits per heavy atom. The number of carboxylic acid groups (broad SMARTS) is 6. The van der Waals surface area contributed by atoms with E-state index in [0.717, 1.165) is 33.1 Å². The maximum absolute atomic E-state index is 10.1. The normalized spacial score (nSPS) is 9.67. The van der Waals surface area contributed by atoms with Crippen LogP contribution in [0.2, 0.25) is 0 Å².